The summed E-state index contributed by atoms with van der Waals surface area (Å²) in [6, 6.07) is 24.7. The number of carbonyl (C=O) groups is 2. The minimum Gasteiger partial charge on any atom is -0.481 e. The van der Waals surface area contributed by atoms with E-state index in [0.29, 0.717) is 35.7 Å². The van der Waals surface area contributed by atoms with Crippen molar-refractivity contribution in [3.63, 3.8) is 0 Å². The van der Waals surface area contributed by atoms with Gasteiger partial charge in [-0.15, -0.1) is 0 Å². The van der Waals surface area contributed by atoms with Crippen LogP contribution in [0.15, 0.2) is 79.0 Å². The summed E-state index contributed by atoms with van der Waals surface area (Å²) >= 11 is 0. The van der Waals surface area contributed by atoms with Crippen LogP contribution in [0, 0.1) is 17.2 Å². The van der Waals surface area contributed by atoms with Crippen molar-refractivity contribution in [3.05, 3.63) is 101 Å². The molecular formula is C31H31N3O3. The number of anilines is 1. The molecule has 0 saturated heterocycles. The van der Waals surface area contributed by atoms with E-state index >= 15 is 0 Å². The Kier molecular flexibility index (Phi) is 8.05. The summed E-state index contributed by atoms with van der Waals surface area (Å²) in [7, 11) is 0. The number of para-hydroxylation sites is 1. The van der Waals surface area contributed by atoms with E-state index in [9.17, 15) is 14.9 Å². The lowest BCUT2D eigenvalue weighted by atomic mass is 9.99. The number of rotatable bonds is 11. The zero-order valence-corrected chi connectivity index (χ0v) is 21.1. The van der Waals surface area contributed by atoms with Crippen LogP contribution in [0.5, 0.6) is 0 Å². The highest BCUT2D eigenvalue weighted by Gasteiger charge is 2.18. The highest BCUT2D eigenvalue weighted by atomic mass is 16.4. The fraction of sp³-hybridized carbons (Fsp3) is 0.258. The third kappa shape index (κ3) is 6.25. The lowest BCUT2D eigenvalue weighted by Crippen LogP contribution is -2.10. The highest BCUT2D eigenvalue weighted by molar-refractivity contribution is 6.16. The Labute approximate surface area is 217 Å². The van der Waals surface area contributed by atoms with Crippen LogP contribution in [0.1, 0.15) is 59.8 Å². The number of nitrogens with zero attached hydrogens (tertiary/aromatic N) is 2. The number of aliphatic carboxylic acids is 1. The first-order chi connectivity index (χ1) is 17.9. The molecule has 0 saturated carbocycles. The number of ketones is 1. The van der Waals surface area contributed by atoms with Gasteiger partial charge in [0.25, 0.3) is 0 Å². The molecule has 0 bridgehead atoms. The van der Waals surface area contributed by atoms with Crippen LogP contribution >= 0.6 is 0 Å². The third-order valence-corrected chi connectivity index (χ3v) is 6.34. The molecule has 1 unspecified atom stereocenters. The Morgan fingerprint density at radius 1 is 1.03 bits per heavy atom. The molecule has 1 atom stereocenters. The predicted molar refractivity (Wildman–Crippen MR) is 146 cm³/mol. The second kappa shape index (κ2) is 11.6. The SMILES string of the molecule is CC(C)Cc1ccc(C(C#N)Nc2cccc(C(=O)c3cn(CCCC(=O)O)c4ccccc34)c2)cc1. The first-order valence-electron chi connectivity index (χ1n) is 12.5. The van der Waals surface area contributed by atoms with Crippen molar-refractivity contribution in [2.75, 3.05) is 5.32 Å². The van der Waals surface area contributed by atoms with E-state index in [1.165, 1.54) is 5.56 Å². The molecule has 1 heterocycles. The average molecular weight is 494 g/mol. The molecule has 6 nitrogen and oxygen atoms in total. The van der Waals surface area contributed by atoms with Gasteiger partial charge in [0.05, 0.1) is 6.07 Å². The highest BCUT2D eigenvalue weighted by Crippen LogP contribution is 2.27. The van der Waals surface area contributed by atoms with Gasteiger partial charge in [-0.05, 0) is 48.1 Å². The zero-order valence-electron chi connectivity index (χ0n) is 21.1. The normalized spacial score (nSPS) is 11.8. The number of carbonyl (C=O) groups excluding carboxylic acids is 1. The summed E-state index contributed by atoms with van der Waals surface area (Å²) in [6.45, 7) is 4.87. The number of nitrogens with one attached hydrogen (secondary N) is 1. The maximum absolute atomic E-state index is 13.6. The van der Waals surface area contributed by atoms with Crippen molar-refractivity contribution in [1.82, 2.24) is 4.57 Å². The zero-order chi connectivity index (χ0) is 26.4. The second-order valence-corrected chi connectivity index (χ2v) is 9.71. The quantitative estimate of drug-likeness (QED) is 0.229. The topological polar surface area (TPSA) is 95.1 Å². The first kappa shape index (κ1) is 25.7. The number of carboxylic acids is 1. The number of aryl methyl sites for hydroxylation is 1. The van der Waals surface area contributed by atoms with Crippen LogP contribution in [0.2, 0.25) is 0 Å². The number of benzene rings is 3. The van der Waals surface area contributed by atoms with Gasteiger partial charge in [0.1, 0.15) is 6.04 Å². The summed E-state index contributed by atoms with van der Waals surface area (Å²) in [4.78, 5) is 24.5. The number of fused-ring (bicyclic) bond motifs is 1. The Balaban J connectivity index is 1.56. The monoisotopic (exact) mass is 493 g/mol. The van der Waals surface area contributed by atoms with E-state index < -0.39 is 12.0 Å². The predicted octanol–water partition coefficient (Wildman–Crippen LogP) is 6.61. The summed E-state index contributed by atoms with van der Waals surface area (Å²) in [5.74, 6) is -0.391. The second-order valence-electron chi connectivity index (χ2n) is 9.71. The van der Waals surface area contributed by atoms with E-state index in [4.69, 9.17) is 5.11 Å². The molecule has 0 aliphatic rings. The average Bonchev–Trinajstić information content (AvgIpc) is 3.25. The van der Waals surface area contributed by atoms with Gasteiger partial charge >= 0.3 is 5.97 Å². The van der Waals surface area contributed by atoms with E-state index in [2.05, 4.69) is 37.4 Å². The lowest BCUT2D eigenvalue weighted by molar-refractivity contribution is -0.137. The number of aromatic nitrogens is 1. The molecule has 1 aromatic heterocycles. The Hall–Kier alpha value is -4.37. The fourth-order valence-electron chi connectivity index (χ4n) is 4.59. The van der Waals surface area contributed by atoms with Crippen LogP contribution in [-0.2, 0) is 17.8 Å². The molecule has 37 heavy (non-hydrogen) atoms. The van der Waals surface area contributed by atoms with Crippen molar-refractivity contribution < 1.29 is 14.7 Å². The van der Waals surface area contributed by atoms with E-state index in [-0.39, 0.29) is 12.2 Å². The maximum Gasteiger partial charge on any atom is 0.303 e. The standard InChI is InChI=1S/C31H31N3O3/c1-21(2)17-22-12-14-23(15-13-22)28(19-32)33-25-8-5-7-24(18-25)31(37)27-20-34(16-6-11-30(35)36)29-10-4-3-9-26(27)29/h3-5,7-10,12-15,18,20-21,28,33H,6,11,16-17H2,1-2H3,(H,35,36). The van der Waals surface area contributed by atoms with Gasteiger partial charge in [-0.1, -0.05) is 68.4 Å². The Bertz CT molecular complexity index is 1440. The Morgan fingerprint density at radius 2 is 1.78 bits per heavy atom. The molecule has 0 fully saturated rings. The third-order valence-electron chi connectivity index (χ3n) is 6.34. The van der Waals surface area contributed by atoms with Crippen molar-refractivity contribution >= 4 is 28.3 Å². The molecule has 2 N–H and O–H groups in total. The molecule has 4 aromatic rings. The largest absolute Gasteiger partial charge is 0.481 e. The van der Waals surface area contributed by atoms with Gasteiger partial charge in [-0.25, -0.2) is 0 Å². The smallest absolute Gasteiger partial charge is 0.303 e. The van der Waals surface area contributed by atoms with E-state index in [1.807, 2.05) is 59.3 Å². The molecule has 0 aliphatic heterocycles. The molecule has 4 rings (SSSR count). The van der Waals surface area contributed by atoms with Gasteiger partial charge in [0.15, 0.2) is 5.78 Å². The maximum atomic E-state index is 13.6. The number of carboxylic acid groups (broad SMARTS) is 1. The van der Waals surface area contributed by atoms with Crippen molar-refractivity contribution in [2.24, 2.45) is 5.92 Å². The van der Waals surface area contributed by atoms with Crippen molar-refractivity contribution in [2.45, 2.75) is 45.7 Å². The number of hydrogen-bond donors (Lipinski definition) is 2. The van der Waals surface area contributed by atoms with Crippen molar-refractivity contribution in [1.29, 1.82) is 5.26 Å². The number of hydrogen-bond acceptors (Lipinski definition) is 4. The summed E-state index contributed by atoms with van der Waals surface area (Å²) in [5, 5.41) is 22.9. The minimum absolute atomic E-state index is 0.0734. The van der Waals surface area contributed by atoms with E-state index in [0.717, 1.165) is 22.9 Å². The summed E-state index contributed by atoms with van der Waals surface area (Å²) in [5.41, 5.74) is 4.79. The van der Waals surface area contributed by atoms with Crippen LogP contribution in [0.25, 0.3) is 10.9 Å². The number of nitriles is 1. The van der Waals surface area contributed by atoms with Gasteiger partial charge in [-0.3, -0.25) is 9.59 Å². The molecule has 0 aliphatic carbocycles. The Morgan fingerprint density at radius 3 is 2.49 bits per heavy atom. The fourth-order valence-corrected chi connectivity index (χ4v) is 4.59. The van der Waals surface area contributed by atoms with Crippen molar-refractivity contribution in [3.8, 4) is 6.07 Å². The van der Waals surface area contributed by atoms with E-state index in [1.54, 1.807) is 12.1 Å². The van der Waals surface area contributed by atoms with Gasteiger partial charge in [0.2, 0.25) is 0 Å². The van der Waals surface area contributed by atoms with Crippen LogP contribution in [-0.4, -0.2) is 21.4 Å². The summed E-state index contributed by atoms with van der Waals surface area (Å²) in [6.07, 6.45) is 3.36. The molecule has 0 amide bonds. The van der Waals surface area contributed by atoms with Crippen LogP contribution in [0.3, 0.4) is 0 Å². The molecular weight excluding hydrogens is 462 g/mol. The minimum atomic E-state index is -0.834. The van der Waals surface area contributed by atoms with Gasteiger partial charge < -0.3 is 15.0 Å². The van der Waals surface area contributed by atoms with Crippen LogP contribution in [0.4, 0.5) is 5.69 Å². The van der Waals surface area contributed by atoms with Gasteiger partial charge in [0, 0.05) is 46.9 Å². The van der Waals surface area contributed by atoms with Gasteiger partial charge in [-0.2, -0.15) is 5.26 Å². The molecule has 6 heteroatoms. The van der Waals surface area contributed by atoms with Crippen LogP contribution < -0.4 is 5.32 Å². The molecule has 0 radical (unpaired) electrons. The first-order valence-corrected chi connectivity index (χ1v) is 12.5. The molecule has 0 spiro atoms. The molecule has 3 aromatic carbocycles. The summed E-state index contributed by atoms with van der Waals surface area (Å²) < 4.78 is 1.95. The molecule has 188 valence electrons. The lowest BCUT2D eigenvalue weighted by Gasteiger charge is -2.15.